The summed E-state index contributed by atoms with van der Waals surface area (Å²) in [6.45, 7) is 3.62. The second-order valence-corrected chi connectivity index (χ2v) is 9.01. The molecule has 0 aliphatic rings. The van der Waals surface area contributed by atoms with Gasteiger partial charge in [-0.15, -0.1) is 0 Å². The standard InChI is InChI=1S/C18H21N2O7P/c1-18(2,14-7-11-16(12-8-14)20(23)24)17(28(25,26-3)27-4)13-5-9-15(10-6-13)19(21)22/h5-12,17H,1-4H3. The molecule has 28 heavy (non-hydrogen) atoms. The Morgan fingerprint density at radius 1 is 0.857 bits per heavy atom. The molecule has 0 radical (unpaired) electrons. The maximum absolute atomic E-state index is 13.4. The van der Waals surface area contributed by atoms with Crippen LogP contribution in [0.15, 0.2) is 48.5 Å². The molecule has 0 fully saturated rings. The number of nitro benzene ring substituents is 2. The van der Waals surface area contributed by atoms with E-state index >= 15 is 0 Å². The fraction of sp³-hybridized carbons (Fsp3) is 0.333. The van der Waals surface area contributed by atoms with Gasteiger partial charge in [0.05, 0.1) is 15.5 Å². The quantitative estimate of drug-likeness (QED) is 0.342. The van der Waals surface area contributed by atoms with Gasteiger partial charge in [-0.3, -0.25) is 24.8 Å². The molecule has 0 amide bonds. The van der Waals surface area contributed by atoms with E-state index in [0.29, 0.717) is 11.1 Å². The SMILES string of the molecule is COP(=O)(OC)C(c1ccc([N+](=O)[O-])cc1)C(C)(C)c1ccc([N+](=O)[O-])cc1. The highest BCUT2D eigenvalue weighted by atomic mass is 31.2. The van der Waals surface area contributed by atoms with Gasteiger partial charge in [-0.1, -0.05) is 38.1 Å². The smallest absolute Gasteiger partial charge is 0.311 e. The van der Waals surface area contributed by atoms with Crippen LogP contribution in [0.5, 0.6) is 0 Å². The van der Waals surface area contributed by atoms with Crippen molar-refractivity contribution in [1.29, 1.82) is 0 Å². The van der Waals surface area contributed by atoms with Crippen LogP contribution in [-0.2, 0) is 19.0 Å². The van der Waals surface area contributed by atoms with E-state index in [1.54, 1.807) is 12.1 Å². The summed E-state index contributed by atoms with van der Waals surface area (Å²) in [5.41, 5.74) is -0.602. The van der Waals surface area contributed by atoms with Crippen LogP contribution in [0.4, 0.5) is 11.4 Å². The first kappa shape index (κ1) is 21.7. The van der Waals surface area contributed by atoms with Crippen LogP contribution in [0.2, 0.25) is 0 Å². The molecule has 2 rings (SSSR count). The molecule has 0 aliphatic heterocycles. The topological polar surface area (TPSA) is 122 Å². The van der Waals surface area contributed by atoms with E-state index in [-0.39, 0.29) is 11.4 Å². The van der Waals surface area contributed by atoms with E-state index < -0.39 is 28.5 Å². The summed E-state index contributed by atoms with van der Waals surface area (Å²) in [6.07, 6.45) is 0. The Morgan fingerprint density at radius 2 is 1.25 bits per heavy atom. The van der Waals surface area contributed by atoms with Gasteiger partial charge in [-0.05, 0) is 11.1 Å². The summed E-state index contributed by atoms with van der Waals surface area (Å²) in [7, 11) is -1.13. The average Bonchev–Trinajstić information content (AvgIpc) is 2.68. The van der Waals surface area contributed by atoms with Crippen molar-refractivity contribution in [2.75, 3.05) is 14.2 Å². The summed E-state index contributed by atoms with van der Waals surface area (Å²) in [6, 6.07) is 11.6. The maximum Gasteiger partial charge on any atom is 0.338 e. The second-order valence-electron chi connectivity index (χ2n) is 6.68. The minimum Gasteiger partial charge on any atom is -0.311 e. The number of nitro groups is 2. The number of benzene rings is 2. The van der Waals surface area contributed by atoms with Gasteiger partial charge in [-0.2, -0.15) is 0 Å². The molecule has 0 aromatic heterocycles. The largest absolute Gasteiger partial charge is 0.338 e. The molecule has 2 aromatic carbocycles. The van der Waals surface area contributed by atoms with E-state index in [2.05, 4.69) is 0 Å². The zero-order valence-corrected chi connectivity index (χ0v) is 16.8. The summed E-state index contributed by atoms with van der Waals surface area (Å²) in [5.74, 6) is 0. The zero-order valence-electron chi connectivity index (χ0n) is 15.9. The first-order valence-corrected chi connectivity index (χ1v) is 9.88. The molecule has 0 aliphatic carbocycles. The molecule has 1 unspecified atom stereocenters. The van der Waals surface area contributed by atoms with Gasteiger partial charge in [0.15, 0.2) is 0 Å². The summed E-state index contributed by atoms with van der Waals surface area (Å²) in [5, 5.41) is 21.9. The number of rotatable bonds is 8. The third kappa shape index (κ3) is 4.11. The summed E-state index contributed by atoms with van der Waals surface area (Å²) < 4.78 is 23.9. The Labute approximate surface area is 162 Å². The highest BCUT2D eigenvalue weighted by Gasteiger charge is 2.47. The van der Waals surface area contributed by atoms with Crippen molar-refractivity contribution < 1.29 is 23.5 Å². The molecule has 9 nitrogen and oxygen atoms in total. The first-order valence-electron chi connectivity index (χ1n) is 8.27. The number of nitrogens with zero attached hydrogens (tertiary/aromatic N) is 2. The van der Waals surface area contributed by atoms with Gasteiger partial charge >= 0.3 is 7.60 Å². The highest BCUT2D eigenvalue weighted by molar-refractivity contribution is 7.54. The minimum absolute atomic E-state index is 0.0619. The van der Waals surface area contributed by atoms with Crippen molar-refractivity contribution >= 4 is 19.0 Å². The molecule has 1 atom stereocenters. The lowest BCUT2D eigenvalue weighted by atomic mass is 9.78. The molecule has 150 valence electrons. The lowest BCUT2D eigenvalue weighted by Gasteiger charge is -2.38. The van der Waals surface area contributed by atoms with Gasteiger partial charge in [0, 0.05) is 43.9 Å². The van der Waals surface area contributed by atoms with Crippen molar-refractivity contribution in [3.63, 3.8) is 0 Å². The van der Waals surface area contributed by atoms with Crippen molar-refractivity contribution in [3.05, 3.63) is 79.9 Å². The lowest BCUT2D eigenvalue weighted by molar-refractivity contribution is -0.385. The molecule has 0 bridgehead atoms. The Bertz CT molecular complexity index is 903. The van der Waals surface area contributed by atoms with Gasteiger partial charge in [0.2, 0.25) is 0 Å². The van der Waals surface area contributed by atoms with E-state index in [1.807, 2.05) is 13.8 Å². The maximum atomic E-state index is 13.4. The predicted octanol–water partition coefficient (Wildman–Crippen LogP) is 5.01. The van der Waals surface area contributed by atoms with Crippen molar-refractivity contribution in [1.82, 2.24) is 0 Å². The minimum atomic E-state index is -3.67. The number of non-ortho nitro benzene ring substituents is 2. The Hall–Kier alpha value is -2.61. The Morgan fingerprint density at radius 3 is 1.61 bits per heavy atom. The van der Waals surface area contributed by atoms with E-state index in [1.165, 1.54) is 50.6 Å². The monoisotopic (exact) mass is 408 g/mol. The van der Waals surface area contributed by atoms with Gasteiger partial charge in [0.1, 0.15) is 0 Å². The molecular weight excluding hydrogens is 387 g/mol. The molecular formula is C18H21N2O7P. The third-order valence-corrected chi connectivity index (χ3v) is 7.34. The van der Waals surface area contributed by atoms with Gasteiger partial charge in [0.25, 0.3) is 11.4 Å². The van der Waals surface area contributed by atoms with Gasteiger partial charge in [-0.25, -0.2) is 0 Å². The predicted molar refractivity (Wildman–Crippen MR) is 104 cm³/mol. The molecule has 0 spiro atoms. The Kier molecular flexibility index (Phi) is 6.34. The normalized spacial score (nSPS) is 13.1. The molecule has 0 N–H and O–H groups in total. The first-order chi connectivity index (χ1) is 13.1. The Balaban J connectivity index is 2.61. The van der Waals surface area contributed by atoms with Crippen LogP contribution in [0, 0.1) is 20.2 Å². The van der Waals surface area contributed by atoms with Crippen LogP contribution < -0.4 is 0 Å². The second kappa shape index (κ2) is 8.18. The zero-order chi connectivity index (χ0) is 21.1. The highest BCUT2D eigenvalue weighted by Crippen LogP contribution is 2.66. The van der Waals surface area contributed by atoms with Crippen LogP contribution in [0.1, 0.15) is 30.6 Å². The van der Waals surface area contributed by atoms with E-state index in [0.717, 1.165) is 0 Å². The van der Waals surface area contributed by atoms with Crippen LogP contribution in [-0.4, -0.2) is 24.1 Å². The number of hydrogen-bond donors (Lipinski definition) is 0. The fourth-order valence-corrected chi connectivity index (χ4v) is 5.28. The average molecular weight is 408 g/mol. The molecule has 0 heterocycles. The number of hydrogen-bond acceptors (Lipinski definition) is 7. The molecule has 0 saturated carbocycles. The fourth-order valence-electron chi connectivity index (χ4n) is 3.23. The lowest BCUT2D eigenvalue weighted by Crippen LogP contribution is -2.28. The van der Waals surface area contributed by atoms with Crippen molar-refractivity contribution in [2.45, 2.75) is 24.9 Å². The molecule has 10 heteroatoms. The van der Waals surface area contributed by atoms with E-state index in [4.69, 9.17) is 9.05 Å². The van der Waals surface area contributed by atoms with Crippen LogP contribution >= 0.6 is 7.60 Å². The van der Waals surface area contributed by atoms with Crippen molar-refractivity contribution in [3.8, 4) is 0 Å². The third-order valence-electron chi connectivity index (χ3n) is 4.75. The van der Waals surface area contributed by atoms with E-state index in [9.17, 15) is 24.8 Å². The summed E-state index contributed by atoms with van der Waals surface area (Å²) in [4.78, 5) is 20.8. The molecule has 0 saturated heterocycles. The van der Waals surface area contributed by atoms with Crippen LogP contribution in [0.25, 0.3) is 0 Å². The van der Waals surface area contributed by atoms with Gasteiger partial charge < -0.3 is 9.05 Å². The molecule has 2 aromatic rings. The van der Waals surface area contributed by atoms with Crippen molar-refractivity contribution in [2.24, 2.45) is 0 Å². The summed E-state index contributed by atoms with van der Waals surface area (Å²) >= 11 is 0. The van der Waals surface area contributed by atoms with Crippen LogP contribution in [0.3, 0.4) is 0 Å².